The van der Waals surface area contributed by atoms with Crippen LogP contribution in [-0.4, -0.2) is 70.8 Å². The molecule has 1 spiro atoms. The Bertz CT molecular complexity index is 1430. The van der Waals surface area contributed by atoms with Gasteiger partial charge in [0.25, 0.3) is 5.91 Å². The quantitative estimate of drug-likeness (QED) is 0.440. The van der Waals surface area contributed by atoms with Crippen LogP contribution in [-0.2, 0) is 23.9 Å². The molecule has 0 aliphatic carbocycles. The van der Waals surface area contributed by atoms with Gasteiger partial charge >= 0.3 is 5.97 Å². The second-order valence-corrected chi connectivity index (χ2v) is 12.0. The number of fused-ring (bicyclic) bond motifs is 3. The van der Waals surface area contributed by atoms with Crippen LogP contribution in [0.25, 0.3) is 10.8 Å². The molecule has 41 heavy (non-hydrogen) atoms. The first-order valence-electron chi connectivity index (χ1n) is 14.7. The number of benzene rings is 2. The lowest BCUT2D eigenvalue weighted by Gasteiger charge is -2.41. The number of amides is 2. The summed E-state index contributed by atoms with van der Waals surface area (Å²) in [5, 5.41) is 12.6. The molecule has 6 rings (SSSR count). The van der Waals surface area contributed by atoms with Crippen molar-refractivity contribution >= 4 is 34.2 Å². The van der Waals surface area contributed by atoms with Crippen LogP contribution in [0.4, 0.5) is 5.69 Å². The van der Waals surface area contributed by atoms with Crippen LogP contribution in [0.5, 0.6) is 0 Å². The number of cyclic esters (lactones) is 1. The summed E-state index contributed by atoms with van der Waals surface area (Å²) in [6, 6.07) is 12.1. The number of ether oxygens (including phenoxy) is 2. The Labute approximate surface area is 240 Å². The number of nitrogens with zero attached hydrogens (tertiary/aromatic N) is 2. The standard InChI is InChI=1S/C33H38N2O6/c1-4-32-15-8-5-9-18-40-31(39)27(32)26-29(37)35(25(20-36)21(2)3)28-30(38)34(17-10-16-33(26,28)41-32)24-14-13-22-11-6-7-12-23(22)19-24/h6-8,10-16,19,21,25-28,36H,4-5,9,17-18,20H2,1-3H3/b15-8-/t25-,26-,27+,28?,32-,33-/m0/s1. The van der Waals surface area contributed by atoms with Gasteiger partial charge < -0.3 is 24.4 Å². The van der Waals surface area contributed by atoms with Crippen molar-refractivity contribution in [1.29, 1.82) is 0 Å². The zero-order valence-corrected chi connectivity index (χ0v) is 23.9. The zero-order chi connectivity index (χ0) is 28.9. The molecule has 1 N–H and O–H groups in total. The smallest absolute Gasteiger partial charge is 0.313 e. The molecule has 6 atom stereocenters. The summed E-state index contributed by atoms with van der Waals surface area (Å²) in [4.78, 5) is 46.2. The first-order chi connectivity index (χ1) is 19.8. The number of esters is 1. The largest absolute Gasteiger partial charge is 0.465 e. The van der Waals surface area contributed by atoms with E-state index in [1.54, 1.807) is 4.90 Å². The van der Waals surface area contributed by atoms with Crippen LogP contribution < -0.4 is 4.90 Å². The maximum absolute atomic E-state index is 14.8. The number of allylic oxidation sites excluding steroid dienone is 1. The number of hydrogen-bond acceptors (Lipinski definition) is 6. The highest BCUT2D eigenvalue weighted by molar-refractivity contribution is 6.06. The molecule has 1 unspecified atom stereocenters. The Balaban J connectivity index is 1.53. The predicted molar refractivity (Wildman–Crippen MR) is 155 cm³/mol. The number of rotatable bonds is 5. The fraction of sp³-hybridized carbons (Fsp3) is 0.485. The Kier molecular flexibility index (Phi) is 7.02. The molecule has 2 aromatic rings. The molecular weight excluding hydrogens is 520 g/mol. The summed E-state index contributed by atoms with van der Waals surface area (Å²) >= 11 is 0. The molecule has 0 aromatic heterocycles. The van der Waals surface area contributed by atoms with Crippen molar-refractivity contribution in [2.24, 2.45) is 17.8 Å². The van der Waals surface area contributed by atoms with Gasteiger partial charge in [-0.2, -0.15) is 0 Å². The average Bonchev–Trinajstić information content (AvgIpc) is 3.34. The number of anilines is 1. The van der Waals surface area contributed by atoms with E-state index in [2.05, 4.69) is 0 Å². The fourth-order valence-electron chi connectivity index (χ4n) is 7.37. The van der Waals surface area contributed by atoms with E-state index in [0.29, 0.717) is 18.5 Å². The number of aliphatic hydroxyl groups is 1. The van der Waals surface area contributed by atoms with Gasteiger partial charge in [0.15, 0.2) is 0 Å². The number of aliphatic hydroxyl groups excluding tert-OH is 1. The van der Waals surface area contributed by atoms with Gasteiger partial charge in [-0.15, -0.1) is 0 Å². The van der Waals surface area contributed by atoms with Crippen LogP contribution >= 0.6 is 0 Å². The first-order valence-corrected chi connectivity index (χ1v) is 14.7. The summed E-state index contributed by atoms with van der Waals surface area (Å²) < 4.78 is 12.7. The molecule has 4 aliphatic heterocycles. The van der Waals surface area contributed by atoms with Gasteiger partial charge in [-0.1, -0.05) is 75.4 Å². The topological polar surface area (TPSA) is 96.4 Å². The number of hydrogen-bond donors (Lipinski definition) is 1. The van der Waals surface area contributed by atoms with Crippen LogP contribution in [0, 0.1) is 17.8 Å². The Morgan fingerprint density at radius 1 is 1.00 bits per heavy atom. The number of carbonyl (C=O) groups is 3. The Morgan fingerprint density at radius 3 is 2.51 bits per heavy atom. The average molecular weight is 559 g/mol. The molecular formula is C33H38N2O6. The third-order valence-corrected chi connectivity index (χ3v) is 9.43. The van der Waals surface area contributed by atoms with Crippen LogP contribution in [0.1, 0.15) is 40.0 Å². The molecule has 2 amide bonds. The molecule has 0 bridgehead atoms. The molecule has 216 valence electrons. The molecule has 8 nitrogen and oxygen atoms in total. The van der Waals surface area contributed by atoms with Gasteiger partial charge in [-0.25, -0.2) is 0 Å². The monoisotopic (exact) mass is 558 g/mol. The van der Waals surface area contributed by atoms with Crippen molar-refractivity contribution in [3.63, 3.8) is 0 Å². The van der Waals surface area contributed by atoms with Crippen molar-refractivity contribution in [2.75, 3.05) is 24.7 Å². The molecule has 4 heterocycles. The van der Waals surface area contributed by atoms with Gasteiger partial charge in [0.05, 0.1) is 25.2 Å². The minimum atomic E-state index is -1.40. The first kappa shape index (κ1) is 27.7. The second-order valence-electron chi connectivity index (χ2n) is 12.0. The minimum Gasteiger partial charge on any atom is -0.465 e. The lowest BCUT2D eigenvalue weighted by Crippen LogP contribution is -2.60. The molecule has 0 radical (unpaired) electrons. The van der Waals surface area contributed by atoms with E-state index in [1.165, 1.54) is 4.90 Å². The van der Waals surface area contributed by atoms with Crippen molar-refractivity contribution in [3.05, 3.63) is 66.8 Å². The van der Waals surface area contributed by atoms with Gasteiger partial charge in [-0.05, 0) is 48.1 Å². The molecule has 0 saturated carbocycles. The molecule has 2 fully saturated rings. The van der Waals surface area contributed by atoms with E-state index < -0.39 is 41.1 Å². The minimum absolute atomic E-state index is 0.141. The Hall–Kier alpha value is -3.49. The maximum atomic E-state index is 14.8. The van der Waals surface area contributed by atoms with Crippen molar-refractivity contribution < 1.29 is 29.0 Å². The van der Waals surface area contributed by atoms with Crippen LogP contribution in [0.15, 0.2) is 66.8 Å². The van der Waals surface area contributed by atoms with Crippen molar-refractivity contribution in [2.45, 2.75) is 63.3 Å². The Morgan fingerprint density at radius 2 is 1.78 bits per heavy atom. The van der Waals surface area contributed by atoms with Gasteiger partial charge in [0.2, 0.25) is 5.91 Å². The van der Waals surface area contributed by atoms with E-state index in [1.807, 2.05) is 87.5 Å². The normalized spacial score (nSPS) is 33.0. The molecule has 4 aliphatic rings. The highest BCUT2D eigenvalue weighted by Crippen LogP contribution is 2.59. The highest BCUT2D eigenvalue weighted by Gasteiger charge is 2.76. The summed E-state index contributed by atoms with van der Waals surface area (Å²) in [5.41, 5.74) is -1.78. The van der Waals surface area contributed by atoms with Gasteiger partial charge in [-0.3, -0.25) is 14.4 Å². The summed E-state index contributed by atoms with van der Waals surface area (Å²) in [7, 11) is 0. The van der Waals surface area contributed by atoms with Gasteiger partial charge in [0.1, 0.15) is 23.2 Å². The third kappa shape index (κ3) is 4.14. The lowest BCUT2D eigenvalue weighted by molar-refractivity contribution is -0.161. The molecule has 2 saturated heterocycles. The van der Waals surface area contributed by atoms with Crippen molar-refractivity contribution in [1.82, 2.24) is 4.90 Å². The van der Waals surface area contributed by atoms with E-state index in [0.717, 1.165) is 17.2 Å². The maximum Gasteiger partial charge on any atom is 0.313 e. The summed E-state index contributed by atoms with van der Waals surface area (Å²) in [5.74, 6) is -3.15. The van der Waals surface area contributed by atoms with Crippen LogP contribution in [0.3, 0.4) is 0 Å². The lowest BCUT2D eigenvalue weighted by atomic mass is 9.73. The van der Waals surface area contributed by atoms with E-state index in [-0.39, 0.29) is 37.5 Å². The van der Waals surface area contributed by atoms with E-state index in [4.69, 9.17) is 9.47 Å². The van der Waals surface area contributed by atoms with Crippen LogP contribution in [0.2, 0.25) is 0 Å². The van der Waals surface area contributed by atoms with Crippen molar-refractivity contribution in [3.8, 4) is 0 Å². The number of likely N-dealkylation sites (tertiary alicyclic amines) is 1. The SMILES string of the molecule is CC[C@]12/C=C\CCCOC(=O)[C@H]1[C@H]1C(=O)N([C@@H](CO)C(C)C)C3C(=O)N(c4ccc5ccccc5c4)CC=C[C@@]31O2. The molecule has 2 aromatic carbocycles. The highest BCUT2D eigenvalue weighted by atomic mass is 16.6. The zero-order valence-electron chi connectivity index (χ0n) is 23.9. The fourth-order valence-corrected chi connectivity index (χ4v) is 7.37. The number of carbonyl (C=O) groups excluding carboxylic acids is 3. The van der Waals surface area contributed by atoms with E-state index >= 15 is 0 Å². The van der Waals surface area contributed by atoms with E-state index in [9.17, 15) is 19.5 Å². The molecule has 8 heteroatoms. The summed E-state index contributed by atoms with van der Waals surface area (Å²) in [6.45, 7) is 6.00. The predicted octanol–water partition coefficient (Wildman–Crippen LogP) is 4.01. The summed E-state index contributed by atoms with van der Waals surface area (Å²) in [6.07, 6.45) is 9.48. The third-order valence-electron chi connectivity index (χ3n) is 9.43. The van der Waals surface area contributed by atoms with Gasteiger partial charge in [0, 0.05) is 12.2 Å². The second kappa shape index (κ2) is 10.4.